The molecule has 1 spiro atoms. The molecule has 278 valence electrons. The number of benzene rings is 1. The molecule has 3 N–H and O–H groups in total. The third-order valence-corrected chi connectivity index (χ3v) is 11.3. The van der Waals surface area contributed by atoms with Gasteiger partial charge in [0.15, 0.2) is 5.60 Å². The highest BCUT2D eigenvalue weighted by molar-refractivity contribution is 6.38. The maximum atomic E-state index is 14.7. The summed E-state index contributed by atoms with van der Waals surface area (Å²) in [5.74, 6) is -2.69. The Kier molecular flexibility index (Phi) is 11.1. The van der Waals surface area contributed by atoms with Gasteiger partial charge < -0.3 is 25.7 Å². The van der Waals surface area contributed by atoms with Crippen LogP contribution in [0.2, 0.25) is 5.02 Å². The minimum atomic E-state index is -1.10. The highest BCUT2D eigenvalue weighted by Gasteiger charge is 2.56. The molecule has 0 unspecified atom stereocenters. The van der Waals surface area contributed by atoms with Gasteiger partial charge in [-0.1, -0.05) is 82.1 Å². The van der Waals surface area contributed by atoms with Gasteiger partial charge in [0.2, 0.25) is 23.5 Å². The summed E-state index contributed by atoms with van der Waals surface area (Å²) in [6, 6.07) is 1.17. The van der Waals surface area contributed by atoms with E-state index in [1.54, 1.807) is 6.07 Å². The number of hydrogen-bond donors (Lipinski definition) is 3. The molecule has 3 aliphatic carbocycles. The lowest BCUT2D eigenvalue weighted by Crippen LogP contribution is -2.59. The molecular formula is C38H51ClFN5O6. The van der Waals surface area contributed by atoms with Crippen molar-refractivity contribution in [2.24, 2.45) is 22.4 Å². The van der Waals surface area contributed by atoms with Gasteiger partial charge in [-0.3, -0.25) is 24.0 Å². The predicted octanol–water partition coefficient (Wildman–Crippen LogP) is 4.97. The normalized spacial score (nSPS) is 25.0. The van der Waals surface area contributed by atoms with E-state index in [-0.39, 0.29) is 48.2 Å². The largest absolute Gasteiger partial charge is 0.387 e. The highest BCUT2D eigenvalue weighted by atomic mass is 35.5. The van der Waals surface area contributed by atoms with Crippen LogP contribution in [0.25, 0.3) is 0 Å². The molecule has 13 heteroatoms. The fraction of sp³-hybridized carbons (Fsp3) is 0.684. The lowest BCUT2D eigenvalue weighted by Gasteiger charge is -2.36. The van der Waals surface area contributed by atoms with Gasteiger partial charge in [0, 0.05) is 30.9 Å². The molecule has 51 heavy (non-hydrogen) atoms. The second-order valence-corrected chi connectivity index (χ2v) is 17.0. The van der Waals surface area contributed by atoms with Crippen molar-refractivity contribution >= 4 is 46.7 Å². The van der Waals surface area contributed by atoms with Crippen molar-refractivity contribution in [2.75, 3.05) is 6.54 Å². The molecule has 4 fully saturated rings. The average molecular weight is 728 g/mol. The van der Waals surface area contributed by atoms with Crippen LogP contribution in [0.3, 0.4) is 0 Å². The number of likely N-dealkylation sites (tertiary alicyclic amines) is 1. The van der Waals surface area contributed by atoms with Crippen LogP contribution in [-0.2, 0) is 28.8 Å². The number of oxime groups is 1. The number of halogens is 2. The molecule has 0 radical (unpaired) electrons. The van der Waals surface area contributed by atoms with Crippen molar-refractivity contribution in [1.29, 1.82) is 0 Å². The zero-order valence-electron chi connectivity index (χ0n) is 29.9. The van der Waals surface area contributed by atoms with E-state index >= 15 is 0 Å². The molecule has 5 aliphatic rings. The Morgan fingerprint density at radius 3 is 2.33 bits per heavy atom. The van der Waals surface area contributed by atoms with Crippen LogP contribution < -0.4 is 16.0 Å². The van der Waals surface area contributed by atoms with Gasteiger partial charge in [-0.05, 0) is 61.5 Å². The summed E-state index contributed by atoms with van der Waals surface area (Å²) in [5, 5.41) is 12.8. The molecule has 2 aliphatic heterocycles. The van der Waals surface area contributed by atoms with Gasteiger partial charge in [-0.2, -0.15) is 0 Å². The first kappa shape index (κ1) is 37.2. The van der Waals surface area contributed by atoms with Crippen molar-refractivity contribution in [2.45, 2.75) is 140 Å². The Labute approximate surface area is 304 Å². The fourth-order valence-electron chi connectivity index (χ4n) is 7.65. The van der Waals surface area contributed by atoms with Gasteiger partial charge >= 0.3 is 0 Å². The number of nitrogens with zero attached hydrogens (tertiary/aromatic N) is 2. The van der Waals surface area contributed by atoms with Crippen LogP contribution >= 0.6 is 11.6 Å². The van der Waals surface area contributed by atoms with E-state index in [9.17, 15) is 28.4 Å². The number of Topliss-reactive ketones (excluding diaryl/α,β-unsaturated/α-hetero) is 1. The number of rotatable bonds is 12. The maximum absolute atomic E-state index is 14.7. The number of hydrogen-bond acceptors (Lipinski definition) is 7. The summed E-state index contributed by atoms with van der Waals surface area (Å²) in [5.41, 5.74) is -0.756. The lowest BCUT2D eigenvalue weighted by atomic mass is 9.85. The Hall–Kier alpha value is -3.54. The van der Waals surface area contributed by atoms with Gasteiger partial charge in [0.25, 0.3) is 5.91 Å². The molecule has 4 atom stereocenters. The topological polar surface area (TPSA) is 146 Å². The molecule has 1 saturated heterocycles. The standard InChI is InChI=1S/C38H51ClFN5O6/c1-37(2,3)33(43-31(46)17-22-8-6-4-5-7-9-22)36(50)45-21-38(19-29(44-51-38)24-12-15-27(40)26(39)18-24)20-30(45)34(48)42-28(16-23-10-11-23)32(47)35(49)41-25-13-14-25/h12,15,18,22-23,25,28,30,33H,4-11,13-14,16-17,19-21H2,1-3H3,(H,41,49)(H,42,48)(H,43,46)/t28-,30-,33+,38+/m0/s1. The van der Waals surface area contributed by atoms with Crippen LogP contribution in [0.1, 0.15) is 116 Å². The first-order chi connectivity index (χ1) is 24.2. The lowest BCUT2D eigenvalue weighted by molar-refractivity contribution is -0.145. The zero-order valence-corrected chi connectivity index (χ0v) is 30.7. The molecule has 6 rings (SSSR count). The number of carbonyl (C=O) groups is 5. The molecule has 4 amide bonds. The predicted molar refractivity (Wildman–Crippen MR) is 189 cm³/mol. The van der Waals surface area contributed by atoms with Gasteiger partial charge in [0.05, 0.1) is 23.3 Å². The molecular weight excluding hydrogens is 677 g/mol. The van der Waals surface area contributed by atoms with Crippen LogP contribution in [0.15, 0.2) is 23.4 Å². The molecule has 2 heterocycles. The molecule has 11 nitrogen and oxygen atoms in total. The summed E-state index contributed by atoms with van der Waals surface area (Å²) in [4.78, 5) is 76.0. The maximum Gasteiger partial charge on any atom is 0.289 e. The number of carbonyl (C=O) groups excluding carboxylic acids is 5. The van der Waals surface area contributed by atoms with E-state index in [4.69, 9.17) is 16.4 Å². The SMILES string of the molecule is CC(C)(C)[C@H](NC(=O)CC1CCCCCC1)C(=O)N1C[C@@]2(CC(c3ccc(F)c(Cl)c3)=NO2)C[C@H]1C(=O)N[C@@H](CC1CC1)C(=O)C(=O)NC1CC1. The van der Waals surface area contributed by atoms with E-state index in [1.165, 1.54) is 29.9 Å². The zero-order chi connectivity index (χ0) is 36.5. The van der Waals surface area contributed by atoms with Gasteiger partial charge in [-0.15, -0.1) is 0 Å². The Morgan fingerprint density at radius 1 is 1.00 bits per heavy atom. The average Bonchev–Trinajstić information content (AvgIpc) is 4.01. The van der Waals surface area contributed by atoms with Crippen LogP contribution in [-0.4, -0.2) is 76.3 Å². The molecule has 1 aromatic carbocycles. The number of amides is 4. The molecule has 1 aromatic rings. The van der Waals surface area contributed by atoms with Crippen molar-refractivity contribution in [3.63, 3.8) is 0 Å². The summed E-state index contributed by atoms with van der Waals surface area (Å²) >= 11 is 6.06. The summed E-state index contributed by atoms with van der Waals surface area (Å²) in [6.45, 7) is 5.60. The van der Waals surface area contributed by atoms with E-state index in [1.807, 2.05) is 20.8 Å². The number of nitrogens with one attached hydrogen (secondary N) is 3. The Balaban J connectivity index is 1.24. The summed E-state index contributed by atoms with van der Waals surface area (Å²) in [7, 11) is 0. The smallest absolute Gasteiger partial charge is 0.289 e. The van der Waals surface area contributed by atoms with Gasteiger partial charge in [0.1, 0.15) is 17.9 Å². The van der Waals surface area contributed by atoms with Gasteiger partial charge in [-0.25, -0.2) is 4.39 Å². The van der Waals surface area contributed by atoms with Crippen molar-refractivity contribution in [3.05, 3.63) is 34.6 Å². The highest BCUT2D eigenvalue weighted by Crippen LogP contribution is 2.41. The van der Waals surface area contributed by atoms with E-state index in [0.29, 0.717) is 24.1 Å². The van der Waals surface area contributed by atoms with E-state index in [2.05, 4.69) is 21.1 Å². The minimum Gasteiger partial charge on any atom is -0.387 e. The second kappa shape index (κ2) is 15.2. The Bertz CT molecular complexity index is 1560. The quantitative estimate of drug-likeness (QED) is 0.205. The first-order valence-electron chi connectivity index (χ1n) is 18.7. The van der Waals surface area contributed by atoms with Crippen molar-refractivity contribution in [3.8, 4) is 0 Å². The first-order valence-corrected chi connectivity index (χ1v) is 19.0. The minimum absolute atomic E-state index is 0.0136. The fourth-order valence-corrected chi connectivity index (χ4v) is 7.83. The third-order valence-electron chi connectivity index (χ3n) is 11.0. The van der Waals surface area contributed by atoms with Crippen molar-refractivity contribution < 1.29 is 33.2 Å². The molecule has 0 bridgehead atoms. The van der Waals surface area contributed by atoms with Crippen LogP contribution in [0.4, 0.5) is 4.39 Å². The monoisotopic (exact) mass is 727 g/mol. The van der Waals surface area contributed by atoms with E-state index < -0.39 is 58.5 Å². The van der Waals surface area contributed by atoms with Crippen LogP contribution in [0.5, 0.6) is 0 Å². The second-order valence-electron chi connectivity index (χ2n) is 16.6. The summed E-state index contributed by atoms with van der Waals surface area (Å²) < 4.78 is 14.0. The third kappa shape index (κ3) is 9.28. The van der Waals surface area contributed by atoms with E-state index in [0.717, 1.165) is 51.4 Å². The summed E-state index contributed by atoms with van der Waals surface area (Å²) in [6.07, 6.45) is 10.9. The van der Waals surface area contributed by atoms with Crippen molar-refractivity contribution in [1.82, 2.24) is 20.9 Å². The Morgan fingerprint density at radius 2 is 1.71 bits per heavy atom. The number of ketones is 1. The van der Waals surface area contributed by atoms with Crippen LogP contribution in [0, 0.1) is 23.1 Å². The molecule has 3 saturated carbocycles. The molecule has 0 aromatic heterocycles.